The molecule has 0 aliphatic rings. The van der Waals surface area contributed by atoms with Crippen LogP contribution in [0, 0.1) is 0 Å². The fraction of sp³-hybridized carbons (Fsp3) is 0.143. The van der Waals surface area contributed by atoms with Crippen LogP contribution in [0.2, 0.25) is 10.0 Å². The molecule has 0 heterocycles. The molecule has 1 aromatic rings. The third-order valence-corrected chi connectivity index (χ3v) is 3.60. The number of hydrogen-bond acceptors (Lipinski definition) is 3. The van der Waals surface area contributed by atoms with Crippen molar-refractivity contribution in [3.05, 3.63) is 28.2 Å². The Morgan fingerprint density at radius 2 is 1.79 bits per heavy atom. The predicted octanol–water partition coefficient (Wildman–Crippen LogP) is 1.83. The van der Waals surface area contributed by atoms with E-state index in [1.807, 2.05) is 4.89 Å². The van der Waals surface area contributed by atoms with Crippen molar-refractivity contribution in [3.8, 4) is 0 Å². The molecule has 0 spiro atoms. The zero-order valence-electron chi connectivity index (χ0n) is 7.12. The second kappa shape index (κ2) is 4.46. The first-order valence-electron chi connectivity index (χ1n) is 3.48. The van der Waals surface area contributed by atoms with E-state index in [-0.39, 0.29) is 14.9 Å². The Labute approximate surface area is 91.8 Å². The van der Waals surface area contributed by atoms with E-state index < -0.39 is 10.0 Å². The molecule has 0 aromatic heterocycles. The minimum Gasteiger partial charge on any atom is -0.290 e. The maximum Gasteiger partial charge on any atom is 0.265 e. The third kappa shape index (κ3) is 2.37. The van der Waals surface area contributed by atoms with Gasteiger partial charge in [0, 0.05) is 0 Å². The summed E-state index contributed by atoms with van der Waals surface area (Å²) in [5, 5.41) is 0.0871. The minimum absolute atomic E-state index is 0.0436. The van der Waals surface area contributed by atoms with Crippen molar-refractivity contribution in [2.75, 3.05) is 7.11 Å². The summed E-state index contributed by atoms with van der Waals surface area (Å²) in [4.78, 5) is 5.95. The lowest BCUT2D eigenvalue weighted by Gasteiger charge is -2.07. The summed E-state index contributed by atoms with van der Waals surface area (Å²) in [6.45, 7) is 0. The van der Waals surface area contributed by atoms with Crippen LogP contribution in [0.25, 0.3) is 0 Å². The van der Waals surface area contributed by atoms with Crippen molar-refractivity contribution in [1.82, 2.24) is 4.89 Å². The van der Waals surface area contributed by atoms with Crippen LogP contribution in [-0.4, -0.2) is 15.5 Å². The largest absolute Gasteiger partial charge is 0.290 e. The Bertz CT molecular complexity index is 412. The Hall–Kier alpha value is -0.330. The van der Waals surface area contributed by atoms with E-state index in [0.717, 1.165) is 0 Å². The second-order valence-corrected chi connectivity index (χ2v) is 4.74. The van der Waals surface area contributed by atoms with E-state index in [1.165, 1.54) is 19.2 Å². The van der Waals surface area contributed by atoms with Crippen molar-refractivity contribution in [1.29, 1.82) is 0 Å². The van der Waals surface area contributed by atoms with E-state index in [0.29, 0.717) is 0 Å². The Morgan fingerprint density at radius 3 is 2.21 bits per heavy atom. The molecule has 0 atom stereocenters. The molecular formula is C7H7Cl2NO3S. The highest BCUT2D eigenvalue weighted by molar-refractivity contribution is 7.89. The average molecular weight is 256 g/mol. The third-order valence-electron chi connectivity index (χ3n) is 1.38. The molecule has 0 aliphatic carbocycles. The van der Waals surface area contributed by atoms with Gasteiger partial charge in [0.2, 0.25) is 0 Å². The lowest BCUT2D eigenvalue weighted by Crippen LogP contribution is -2.22. The molecule has 0 unspecified atom stereocenters. The molecular weight excluding hydrogens is 249 g/mol. The number of sulfonamides is 1. The molecule has 1 N–H and O–H groups in total. The van der Waals surface area contributed by atoms with Gasteiger partial charge >= 0.3 is 0 Å². The molecule has 7 heteroatoms. The maximum absolute atomic E-state index is 11.5. The highest BCUT2D eigenvalue weighted by atomic mass is 35.5. The standard InChI is InChI=1S/C7H7Cl2NO3S/c1-13-10-14(11,12)7-5(8)3-2-4-6(7)9/h2-4,10H,1H3. The molecule has 1 aromatic carbocycles. The van der Waals surface area contributed by atoms with Gasteiger partial charge in [-0.1, -0.05) is 34.2 Å². The first-order valence-corrected chi connectivity index (χ1v) is 5.72. The van der Waals surface area contributed by atoms with Crippen molar-refractivity contribution in [3.63, 3.8) is 0 Å². The molecule has 0 bridgehead atoms. The molecule has 0 saturated carbocycles. The summed E-state index contributed by atoms with van der Waals surface area (Å²) in [7, 11) is -2.62. The van der Waals surface area contributed by atoms with Crippen LogP contribution in [0.1, 0.15) is 0 Å². The average Bonchev–Trinajstić information content (AvgIpc) is 2.02. The first kappa shape index (κ1) is 11.7. The quantitative estimate of drug-likeness (QED) is 0.839. The summed E-state index contributed by atoms with van der Waals surface area (Å²) in [6, 6.07) is 4.41. The number of rotatable bonds is 3. The van der Waals surface area contributed by atoms with Gasteiger partial charge in [-0.15, -0.1) is 0 Å². The van der Waals surface area contributed by atoms with Gasteiger partial charge in [0.25, 0.3) is 10.0 Å². The summed E-state index contributed by atoms with van der Waals surface area (Å²) in [6.07, 6.45) is 0. The van der Waals surface area contributed by atoms with Crippen LogP contribution in [-0.2, 0) is 14.9 Å². The molecule has 4 nitrogen and oxygen atoms in total. The van der Waals surface area contributed by atoms with Crippen molar-refractivity contribution < 1.29 is 13.3 Å². The lowest BCUT2D eigenvalue weighted by atomic mass is 10.4. The van der Waals surface area contributed by atoms with Crippen LogP contribution in [0.3, 0.4) is 0 Å². The van der Waals surface area contributed by atoms with Crippen LogP contribution < -0.4 is 4.89 Å². The number of benzene rings is 1. The molecule has 0 amide bonds. The topological polar surface area (TPSA) is 55.4 Å². The van der Waals surface area contributed by atoms with Crippen molar-refractivity contribution in [2.24, 2.45) is 0 Å². The molecule has 0 radical (unpaired) electrons. The van der Waals surface area contributed by atoms with E-state index in [2.05, 4.69) is 4.84 Å². The van der Waals surface area contributed by atoms with E-state index in [9.17, 15) is 8.42 Å². The van der Waals surface area contributed by atoms with Gasteiger partial charge in [-0.2, -0.15) is 0 Å². The molecule has 0 aliphatic heterocycles. The van der Waals surface area contributed by atoms with Crippen molar-refractivity contribution in [2.45, 2.75) is 4.90 Å². The summed E-state index contributed by atoms with van der Waals surface area (Å²) in [5.41, 5.74) is 0. The van der Waals surface area contributed by atoms with E-state index in [1.54, 1.807) is 6.07 Å². The van der Waals surface area contributed by atoms with Gasteiger partial charge in [0.15, 0.2) is 0 Å². The van der Waals surface area contributed by atoms with Crippen LogP contribution >= 0.6 is 23.2 Å². The fourth-order valence-corrected chi connectivity index (χ4v) is 2.85. The van der Waals surface area contributed by atoms with Gasteiger partial charge in [-0.05, 0) is 12.1 Å². The highest BCUT2D eigenvalue weighted by Crippen LogP contribution is 2.28. The molecule has 0 saturated heterocycles. The monoisotopic (exact) mass is 255 g/mol. The van der Waals surface area contributed by atoms with Gasteiger partial charge in [-0.3, -0.25) is 4.84 Å². The Kier molecular flexibility index (Phi) is 3.74. The summed E-state index contributed by atoms with van der Waals surface area (Å²) in [5.74, 6) is 0. The summed E-state index contributed by atoms with van der Waals surface area (Å²) < 4.78 is 22.9. The van der Waals surface area contributed by atoms with Gasteiger partial charge in [-0.25, -0.2) is 8.42 Å². The zero-order valence-corrected chi connectivity index (χ0v) is 9.45. The highest BCUT2D eigenvalue weighted by Gasteiger charge is 2.20. The maximum atomic E-state index is 11.5. The van der Waals surface area contributed by atoms with E-state index in [4.69, 9.17) is 23.2 Å². The van der Waals surface area contributed by atoms with Crippen LogP contribution in [0.15, 0.2) is 23.1 Å². The Morgan fingerprint density at radius 1 is 1.29 bits per heavy atom. The zero-order chi connectivity index (χ0) is 10.8. The number of hydrogen-bond donors (Lipinski definition) is 1. The fourth-order valence-electron chi connectivity index (χ4n) is 0.891. The van der Waals surface area contributed by atoms with Crippen molar-refractivity contribution >= 4 is 33.2 Å². The lowest BCUT2D eigenvalue weighted by molar-refractivity contribution is 0.153. The molecule has 1 rings (SSSR count). The van der Waals surface area contributed by atoms with Crippen LogP contribution in [0.5, 0.6) is 0 Å². The van der Waals surface area contributed by atoms with Gasteiger partial charge < -0.3 is 0 Å². The molecule has 0 fully saturated rings. The number of nitrogens with one attached hydrogen (secondary N) is 1. The normalized spacial score (nSPS) is 11.6. The smallest absolute Gasteiger partial charge is 0.265 e. The summed E-state index contributed by atoms with van der Waals surface area (Å²) >= 11 is 11.4. The molecule has 14 heavy (non-hydrogen) atoms. The van der Waals surface area contributed by atoms with Crippen LogP contribution in [0.4, 0.5) is 0 Å². The second-order valence-electron chi connectivity index (χ2n) is 2.34. The molecule has 78 valence electrons. The first-order chi connectivity index (χ1) is 6.49. The Balaban J connectivity index is 3.32. The predicted molar refractivity (Wildman–Crippen MR) is 53.8 cm³/mol. The minimum atomic E-state index is -3.81. The SMILES string of the molecule is CONS(=O)(=O)c1c(Cl)cccc1Cl. The number of halogens is 2. The van der Waals surface area contributed by atoms with Gasteiger partial charge in [0.1, 0.15) is 4.90 Å². The van der Waals surface area contributed by atoms with E-state index >= 15 is 0 Å². The van der Waals surface area contributed by atoms with Gasteiger partial charge in [0.05, 0.1) is 17.2 Å².